The van der Waals surface area contributed by atoms with Crippen LogP contribution in [0.5, 0.6) is 5.75 Å². The molecule has 4 aromatic rings. The predicted octanol–water partition coefficient (Wildman–Crippen LogP) is 5.62. The molecule has 0 spiro atoms. The molecular weight excluding hydrogens is 467 g/mol. The van der Waals surface area contributed by atoms with Gasteiger partial charge in [-0.3, -0.25) is 9.69 Å². The Hall–Kier alpha value is -4.17. The highest BCUT2D eigenvalue weighted by atomic mass is 32.2. The molecule has 0 fully saturated rings. The van der Waals surface area contributed by atoms with Crippen LogP contribution in [0.2, 0.25) is 0 Å². The number of carbonyl (C=O) groups excluding carboxylic acids is 1. The lowest BCUT2D eigenvalue weighted by molar-refractivity contribution is -0.113. The monoisotopic (exact) mass is 486 g/mol. The standard InChI is InChI=1S/C27H19FN2O4S/c1-16-23(31)12-11-21-18(14-24(32)34-25(16)21)15-35-27-29-22(13-17-5-3-2-4-6-17)26(33)30(27)20-9-7-19(28)8-10-20/h2-14,31H,15H2,1H3/b22-13-. The molecule has 3 aromatic carbocycles. The van der Waals surface area contributed by atoms with Crippen LogP contribution in [0.1, 0.15) is 16.7 Å². The first-order chi connectivity index (χ1) is 16.9. The lowest BCUT2D eigenvalue weighted by Crippen LogP contribution is -2.30. The molecule has 0 bridgehead atoms. The fraction of sp³-hybridized carbons (Fsp3) is 0.0741. The Morgan fingerprint density at radius 1 is 1.06 bits per heavy atom. The number of phenolic OH excluding ortho intramolecular Hbond substituents is 1. The second-order valence-electron chi connectivity index (χ2n) is 7.92. The largest absolute Gasteiger partial charge is 0.508 e. The Morgan fingerprint density at radius 3 is 2.54 bits per heavy atom. The van der Waals surface area contributed by atoms with Gasteiger partial charge in [-0.25, -0.2) is 14.2 Å². The number of hydrogen-bond donors (Lipinski definition) is 1. The first-order valence-electron chi connectivity index (χ1n) is 10.7. The van der Waals surface area contributed by atoms with Gasteiger partial charge in [-0.15, -0.1) is 0 Å². The first kappa shape index (κ1) is 22.6. The van der Waals surface area contributed by atoms with Crippen LogP contribution in [0, 0.1) is 12.7 Å². The molecule has 1 aliphatic rings. The second kappa shape index (κ2) is 9.23. The molecule has 0 atom stereocenters. The number of aliphatic imine (C=N–C) groups is 1. The average molecular weight is 487 g/mol. The van der Waals surface area contributed by atoms with Crippen molar-refractivity contribution in [2.45, 2.75) is 12.7 Å². The number of carbonyl (C=O) groups is 1. The van der Waals surface area contributed by atoms with Crippen LogP contribution >= 0.6 is 11.8 Å². The molecule has 0 saturated carbocycles. The van der Waals surface area contributed by atoms with Gasteiger partial charge in [-0.05, 0) is 60.5 Å². The maximum absolute atomic E-state index is 13.5. The number of anilines is 1. The zero-order chi connectivity index (χ0) is 24.5. The highest BCUT2D eigenvalue weighted by Gasteiger charge is 2.32. The number of rotatable bonds is 4. The summed E-state index contributed by atoms with van der Waals surface area (Å²) in [4.78, 5) is 31.5. The SMILES string of the molecule is Cc1c(O)ccc2c(CSC3=N/C(=C\c4ccccc4)C(=O)N3c3ccc(F)cc3)cc(=O)oc12. The molecule has 2 heterocycles. The summed E-state index contributed by atoms with van der Waals surface area (Å²) in [5.41, 5.74) is 2.49. The summed E-state index contributed by atoms with van der Waals surface area (Å²) in [5, 5.41) is 11.1. The fourth-order valence-corrected chi connectivity index (χ4v) is 4.80. The minimum atomic E-state index is -0.536. The highest BCUT2D eigenvalue weighted by Crippen LogP contribution is 2.33. The summed E-state index contributed by atoms with van der Waals surface area (Å²) < 4.78 is 18.9. The molecule has 174 valence electrons. The topological polar surface area (TPSA) is 83.1 Å². The van der Waals surface area contributed by atoms with Gasteiger partial charge in [0, 0.05) is 22.8 Å². The summed E-state index contributed by atoms with van der Waals surface area (Å²) in [6.07, 6.45) is 1.70. The van der Waals surface area contributed by atoms with E-state index in [2.05, 4.69) is 4.99 Å². The van der Waals surface area contributed by atoms with Crippen LogP contribution in [-0.4, -0.2) is 16.2 Å². The maximum atomic E-state index is 13.5. The van der Waals surface area contributed by atoms with Crippen molar-refractivity contribution in [2.75, 3.05) is 4.90 Å². The molecule has 0 unspecified atom stereocenters. The number of halogens is 1. The van der Waals surface area contributed by atoms with E-state index < -0.39 is 11.4 Å². The van der Waals surface area contributed by atoms with Crippen molar-refractivity contribution in [3.05, 3.63) is 111 Å². The molecule has 0 aliphatic carbocycles. The van der Waals surface area contributed by atoms with Crippen LogP contribution in [0.25, 0.3) is 17.0 Å². The van der Waals surface area contributed by atoms with E-state index in [9.17, 15) is 19.1 Å². The van der Waals surface area contributed by atoms with E-state index in [1.165, 1.54) is 47.0 Å². The summed E-state index contributed by atoms with van der Waals surface area (Å²) in [7, 11) is 0. The van der Waals surface area contributed by atoms with Gasteiger partial charge in [0.05, 0.1) is 5.69 Å². The molecule has 1 amide bonds. The summed E-state index contributed by atoms with van der Waals surface area (Å²) in [6, 6.07) is 19.6. The van der Waals surface area contributed by atoms with Crippen molar-refractivity contribution in [3.63, 3.8) is 0 Å². The Labute approximate surface area is 204 Å². The molecule has 1 N–H and O–H groups in total. The van der Waals surface area contributed by atoms with Crippen LogP contribution in [-0.2, 0) is 10.5 Å². The number of hydrogen-bond acceptors (Lipinski definition) is 6. The minimum Gasteiger partial charge on any atom is -0.508 e. The van der Waals surface area contributed by atoms with Crippen molar-refractivity contribution < 1.29 is 18.7 Å². The molecule has 8 heteroatoms. The lowest BCUT2D eigenvalue weighted by Gasteiger charge is -2.18. The van der Waals surface area contributed by atoms with E-state index in [1.807, 2.05) is 30.3 Å². The van der Waals surface area contributed by atoms with E-state index in [4.69, 9.17) is 4.42 Å². The zero-order valence-electron chi connectivity index (χ0n) is 18.6. The second-order valence-corrected chi connectivity index (χ2v) is 8.86. The Morgan fingerprint density at radius 2 is 1.80 bits per heavy atom. The smallest absolute Gasteiger partial charge is 0.336 e. The Bertz CT molecular complexity index is 1560. The quantitative estimate of drug-likeness (QED) is 0.299. The van der Waals surface area contributed by atoms with Gasteiger partial charge < -0.3 is 9.52 Å². The third kappa shape index (κ3) is 4.48. The molecule has 5 rings (SSSR count). The van der Waals surface area contributed by atoms with Crippen molar-refractivity contribution in [1.29, 1.82) is 0 Å². The fourth-order valence-electron chi connectivity index (χ4n) is 3.80. The Balaban J connectivity index is 1.53. The van der Waals surface area contributed by atoms with Gasteiger partial charge in [0.1, 0.15) is 22.8 Å². The molecule has 0 radical (unpaired) electrons. The van der Waals surface area contributed by atoms with E-state index in [-0.39, 0.29) is 17.4 Å². The average Bonchev–Trinajstić information content (AvgIpc) is 3.16. The van der Waals surface area contributed by atoms with E-state index in [0.29, 0.717) is 38.7 Å². The predicted molar refractivity (Wildman–Crippen MR) is 136 cm³/mol. The summed E-state index contributed by atoms with van der Waals surface area (Å²) >= 11 is 1.27. The third-order valence-corrected chi connectivity index (χ3v) is 6.58. The maximum Gasteiger partial charge on any atom is 0.336 e. The zero-order valence-corrected chi connectivity index (χ0v) is 19.4. The van der Waals surface area contributed by atoms with Crippen LogP contribution in [0.4, 0.5) is 10.1 Å². The van der Waals surface area contributed by atoms with Crippen molar-refractivity contribution >= 4 is 45.6 Å². The molecule has 35 heavy (non-hydrogen) atoms. The first-order valence-corrected chi connectivity index (χ1v) is 11.7. The van der Waals surface area contributed by atoms with Crippen molar-refractivity contribution in [3.8, 4) is 5.75 Å². The normalized spacial score (nSPS) is 14.7. The number of aryl methyl sites for hydroxylation is 1. The number of nitrogens with zero attached hydrogens (tertiary/aromatic N) is 2. The molecule has 1 aliphatic heterocycles. The minimum absolute atomic E-state index is 0.0365. The molecule has 0 saturated heterocycles. The number of benzene rings is 3. The number of phenols is 1. The number of amidine groups is 1. The molecule has 1 aromatic heterocycles. The van der Waals surface area contributed by atoms with Gasteiger partial charge in [-0.2, -0.15) is 0 Å². The van der Waals surface area contributed by atoms with Crippen molar-refractivity contribution in [1.82, 2.24) is 0 Å². The number of aromatic hydroxyl groups is 1. The van der Waals surface area contributed by atoms with E-state index in [0.717, 1.165) is 5.56 Å². The van der Waals surface area contributed by atoms with Crippen molar-refractivity contribution in [2.24, 2.45) is 4.99 Å². The van der Waals surface area contributed by atoms with Crippen LogP contribution < -0.4 is 10.5 Å². The number of amides is 1. The van der Waals surface area contributed by atoms with Gasteiger partial charge in [-0.1, -0.05) is 42.1 Å². The summed E-state index contributed by atoms with van der Waals surface area (Å²) in [6.45, 7) is 1.67. The van der Waals surface area contributed by atoms with E-state index >= 15 is 0 Å². The van der Waals surface area contributed by atoms with Crippen LogP contribution in [0.3, 0.4) is 0 Å². The number of thioether (sulfide) groups is 1. The van der Waals surface area contributed by atoms with Gasteiger partial charge >= 0.3 is 5.63 Å². The lowest BCUT2D eigenvalue weighted by atomic mass is 10.1. The van der Waals surface area contributed by atoms with Gasteiger partial charge in [0.25, 0.3) is 5.91 Å². The number of fused-ring (bicyclic) bond motifs is 1. The van der Waals surface area contributed by atoms with Crippen LogP contribution in [0.15, 0.2) is 92.7 Å². The van der Waals surface area contributed by atoms with Gasteiger partial charge in [0.2, 0.25) is 0 Å². The highest BCUT2D eigenvalue weighted by molar-refractivity contribution is 8.13. The van der Waals surface area contributed by atoms with E-state index in [1.54, 1.807) is 25.1 Å². The molecular formula is C27H19FN2O4S. The van der Waals surface area contributed by atoms with Gasteiger partial charge in [0.15, 0.2) is 5.17 Å². The Kier molecular flexibility index (Phi) is 5.96. The summed E-state index contributed by atoms with van der Waals surface area (Å²) in [5.74, 6) is -0.391. The molecule has 6 nitrogen and oxygen atoms in total. The third-order valence-electron chi connectivity index (χ3n) is 5.59.